The lowest BCUT2D eigenvalue weighted by atomic mass is 9.86. The molecule has 3 aliphatic heterocycles. The quantitative estimate of drug-likeness (QED) is 0.537. The number of fused-ring (bicyclic) bond motifs is 1. The van der Waals surface area contributed by atoms with E-state index in [1.807, 2.05) is 30.5 Å². The van der Waals surface area contributed by atoms with Crippen molar-refractivity contribution in [3.8, 4) is 22.6 Å². The molecule has 0 aliphatic carbocycles. The highest BCUT2D eigenvalue weighted by molar-refractivity contribution is 5.89. The van der Waals surface area contributed by atoms with Gasteiger partial charge in [-0.15, -0.1) is 0 Å². The van der Waals surface area contributed by atoms with Crippen LogP contribution < -0.4 is 14.8 Å². The fourth-order valence-electron chi connectivity index (χ4n) is 5.62. The van der Waals surface area contributed by atoms with E-state index in [0.29, 0.717) is 26.3 Å². The van der Waals surface area contributed by atoms with Crippen molar-refractivity contribution in [1.82, 2.24) is 14.8 Å². The van der Waals surface area contributed by atoms with Crippen molar-refractivity contribution in [1.29, 1.82) is 0 Å². The Kier molecular flexibility index (Phi) is 6.91. The number of anilines is 1. The van der Waals surface area contributed by atoms with Gasteiger partial charge in [0, 0.05) is 69.9 Å². The molecule has 1 spiro atoms. The minimum atomic E-state index is -0.118. The second-order valence-electron chi connectivity index (χ2n) is 10.4. The molecule has 3 aromatic rings. The van der Waals surface area contributed by atoms with Gasteiger partial charge in [-0.25, -0.2) is 4.79 Å². The monoisotopic (exact) mass is 514 g/mol. The van der Waals surface area contributed by atoms with Crippen molar-refractivity contribution in [3.05, 3.63) is 72.1 Å². The van der Waals surface area contributed by atoms with Crippen LogP contribution in [0.3, 0.4) is 0 Å². The molecule has 1 aromatic heterocycles. The minimum Gasteiger partial charge on any atom is -0.497 e. The molecule has 8 heteroatoms. The summed E-state index contributed by atoms with van der Waals surface area (Å²) in [6.45, 7) is 5.23. The molecule has 3 aliphatic rings. The van der Waals surface area contributed by atoms with Crippen molar-refractivity contribution < 1.29 is 19.0 Å². The van der Waals surface area contributed by atoms with Gasteiger partial charge in [-0.1, -0.05) is 18.2 Å². The number of rotatable bonds is 5. The minimum absolute atomic E-state index is 0.0770. The van der Waals surface area contributed by atoms with Gasteiger partial charge >= 0.3 is 6.03 Å². The lowest BCUT2D eigenvalue weighted by Crippen LogP contribution is -2.47. The third kappa shape index (κ3) is 5.33. The van der Waals surface area contributed by atoms with Crippen molar-refractivity contribution in [2.75, 3.05) is 51.8 Å². The topological polar surface area (TPSA) is 76.2 Å². The number of nitrogens with zero attached hydrogens (tertiary/aromatic N) is 3. The Hall–Kier alpha value is -3.62. The summed E-state index contributed by atoms with van der Waals surface area (Å²) in [5.41, 5.74) is 5.27. The van der Waals surface area contributed by atoms with E-state index in [9.17, 15) is 4.79 Å². The van der Waals surface area contributed by atoms with Gasteiger partial charge in [-0.2, -0.15) is 0 Å². The van der Waals surface area contributed by atoms with Crippen LogP contribution in [0.4, 0.5) is 10.5 Å². The van der Waals surface area contributed by atoms with Gasteiger partial charge in [0.2, 0.25) is 0 Å². The van der Waals surface area contributed by atoms with E-state index >= 15 is 0 Å². The smallest absolute Gasteiger partial charge is 0.321 e. The van der Waals surface area contributed by atoms with Crippen LogP contribution in [0.15, 0.2) is 60.8 Å². The normalized spacial score (nSPS) is 18.6. The van der Waals surface area contributed by atoms with Crippen LogP contribution in [-0.2, 0) is 17.7 Å². The Bertz CT molecular complexity index is 1280. The van der Waals surface area contributed by atoms with Crippen LogP contribution >= 0.6 is 0 Å². The highest BCUT2D eigenvalue weighted by Crippen LogP contribution is 2.42. The van der Waals surface area contributed by atoms with Crippen LogP contribution in [0.2, 0.25) is 0 Å². The summed E-state index contributed by atoms with van der Waals surface area (Å²) >= 11 is 0. The van der Waals surface area contributed by atoms with Crippen molar-refractivity contribution in [3.63, 3.8) is 0 Å². The van der Waals surface area contributed by atoms with E-state index in [1.165, 1.54) is 5.56 Å². The molecule has 198 valence electrons. The van der Waals surface area contributed by atoms with Gasteiger partial charge < -0.3 is 24.4 Å². The fraction of sp³-hybridized carbons (Fsp3) is 0.400. The second kappa shape index (κ2) is 10.6. The standard InChI is InChI=1S/C30H34N4O4/c1-36-27-8-11-31-26(19-27)21-33-12-9-30(10-13-33)20-24-18-23(4-7-28(24)38-30)22-2-5-25(6-3-22)32-29(35)34-14-16-37-17-15-34/h2-8,11,18-19H,9-10,12-17,20-21H2,1H3,(H,32,35). The molecular formula is C30H34N4O4. The van der Waals surface area contributed by atoms with Gasteiger partial charge in [0.15, 0.2) is 0 Å². The number of carbonyl (C=O) groups excluding carboxylic acids is 1. The molecule has 2 amide bonds. The number of ether oxygens (including phenoxy) is 3. The number of likely N-dealkylation sites (tertiary alicyclic amines) is 1. The number of pyridine rings is 1. The number of carbonyl (C=O) groups is 1. The molecule has 8 nitrogen and oxygen atoms in total. The van der Waals surface area contributed by atoms with E-state index in [1.54, 1.807) is 12.0 Å². The Morgan fingerprint density at radius 1 is 1.00 bits per heavy atom. The summed E-state index contributed by atoms with van der Waals surface area (Å²) in [7, 11) is 1.69. The SMILES string of the molecule is COc1ccnc(CN2CCC3(CC2)Cc2cc(-c4ccc(NC(=O)N5CCOCC5)cc4)ccc2O3)c1. The van der Waals surface area contributed by atoms with Crippen LogP contribution in [0, 0.1) is 0 Å². The highest BCUT2D eigenvalue weighted by Gasteiger charge is 2.42. The predicted molar refractivity (Wildman–Crippen MR) is 146 cm³/mol. The van der Waals surface area contributed by atoms with E-state index in [2.05, 4.69) is 45.5 Å². The highest BCUT2D eigenvalue weighted by atomic mass is 16.5. The van der Waals surface area contributed by atoms with Gasteiger partial charge in [-0.05, 0) is 47.0 Å². The van der Waals surface area contributed by atoms with Crippen LogP contribution in [0.1, 0.15) is 24.1 Å². The third-order valence-electron chi connectivity index (χ3n) is 7.84. The summed E-state index contributed by atoms with van der Waals surface area (Å²) in [5.74, 6) is 1.85. The number of urea groups is 1. The van der Waals surface area contributed by atoms with Gasteiger partial charge in [-0.3, -0.25) is 9.88 Å². The molecule has 2 saturated heterocycles. The van der Waals surface area contributed by atoms with E-state index in [0.717, 1.165) is 72.9 Å². The van der Waals surface area contributed by atoms with E-state index < -0.39 is 0 Å². The van der Waals surface area contributed by atoms with Crippen molar-refractivity contribution >= 4 is 11.7 Å². The molecule has 4 heterocycles. The first-order valence-electron chi connectivity index (χ1n) is 13.4. The predicted octanol–water partition coefficient (Wildman–Crippen LogP) is 4.59. The largest absolute Gasteiger partial charge is 0.497 e. The van der Waals surface area contributed by atoms with Crippen LogP contribution in [0.25, 0.3) is 11.1 Å². The average Bonchev–Trinajstić information content (AvgIpc) is 3.32. The number of amides is 2. The first-order valence-corrected chi connectivity index (χ1v) is 13.4. The fourth-order valence-corrected chi connectivity index (χ4v) is 5.62. The van der Waals surface area contributed by atoms with Gasteiger partial charge in [0.1, 0.15) is 17.1 Å². The third-order valence-corrected chi connectivity index (χ3v) is 7.84. The number of morpholine rings is 1. The number of benzene rings is 2. The van der Waals surface area contributed by atoms with E-state index in [-0.39, 0.29) is 11.6 Å². The van der Waals surface area contributed by atoms with E-state index in [4.69, 9.17) is 14.2 Å². The number of piperidine rings is 1. The first-order chi connectivity index (χ1) is 18.6. The molecule has 0 saturated carbocycles. The first kappa shape index (κ1) is 24.7. The van der Waals surface area contributed by atoms with Crippen molar-refractivity contribution in [2.24, 2.45) is 0 Å². The maximum Gasteiger partial charge on any atom is 0.321 e. The summed E-state index contributed by atoms with van der Waals surface area (Å²) in [6.07, 6.45) is 4.75. The number of hydrogen-bond donors (Lipinski definition) is 1. The molecule has 2 fully saturated rings. The van der Waals surface area contributed by atoms with Crippen LogP contribution in [-0.4, -0.2) is 72.9 Å². The number of methoxy groups -OCH3 is 1. The molecular weight excluding hydrogens is 480 g/mol. The number of aromatic nitrogens is 1. The second-order valence-corrected chi connectivity index (χ2v) is 10.4. The molecule has 0 bridgehead atoms. The molecule has 0 unspecified atom stereocenters. The molecule has 0 radical (unpaired) electrons. The maximum absolute atomic E-state index is 12.5. The Morgan fingerprint density at radius 2 is 1.76 bits per heavy atom. The molecule has 1 N–H and O–H groups in total. The Labute approximate surface area is 223 Å². The summed E-state index contributed by atoms with van der Waals surface area (Å²) in [6, 6.07) is 18.4. The summed E-state index contributed by atoms with van der Waals surface area (Å²) in [5, 5.41) is 2.99. The molecule has 2 aromatic carbocycles. The summed E-state index contributed by atoms with van der Waals surface area (Å²) < 4.78 is 17.2. The lowest BCUT2D eigenvalue weighted by Gasteiger charge is -2.38. The Morgan fingerprint density at radius 3 is 2.53 bits per heavy atom. The summed E-state index contributed by atoms with van der Waals surface area (Å²) in [4.78, 5) is 21.2. The number of hydrogen-bond acceptors (Lipinski definition) is 6. The maximum atomic E-state index is 12.5. The zero-order chi connectivity index (χ0) is 26.0. The molecule has 0 atom stereocenters. The van der Waals surface area contributed by atoms with Gasteiger partial charge in [0.05, 0.1) is 26.0 Å². The molecule has 38 heavy (non-hydrogen) atoms. The number of nitrogens with one attached hydrogen (secondary N) is 1. The zero-order valence-electron chi connectivity index (χ0n) is 21.8. The van der Waals surface area contributed by atoms with Crippen molar-refractivity contribution in [2.45, 2.75) is 31.4 Å². The average molecular weight is 515 g/mol. The molecule has 6 rings (SSSR count). The lowest BCUT2D eigenvalue weighted by molar-refractivity contribution is 0.0166. The Balaban J connectivity index is 1.06. The van der Waals surface area contributed by atoms with Gasteiger partial charge in [0.25, 0.3) is 0 Å². The van der Waals surface area contributed by atoms with Crippen LogP contribution in [0.5, 0.6) is 11.5 Å². The zero-order valence-corrected chi connectivity index (χ0v) is 21.8.